The quantitative estimate of drug-likeness (QED) is 0.888. The zero-order valence-corrected chi connectivity index (χ0v) is 11.3. The molecule has 100 valence electrons. The molecule has 0 aliphatic carbocycles. The smallest absolute Gasteiger partial charge is 0.171 e. The molecule has 1 aromatic rings. The third-order valence-electron chi connectivity index (χ3n) is 3.40. The van der Waals surface area contributed by atoms with Crippen LogP contribution in [0, 0.1) is 0 Å². The molecular weight excluding hydrogens is 226 g/mol. The van der Waals surface area contributed by atoms with Crippen LogP contribution in [0.15, 0.2) is 18.3 Å². The number of pyridine rings is 1. The maximum Gasteiger partial charge on any atom is 0.171 e. The molecule has 0 saturated carbocycles. The number of ether oxygens (including phenoxy) is 1. The van der Waals surface area contributed by atoms with Crippen molar-refractivity contribution in [3.63, 3.8) is 0 Å². The van der Waals surface area contributed by atoms with Gasteiger partial charge in [-0.1, -0.05) is 6.92 Å². The fraction of sp³-hybridized carbons (Fsp3) is 0.643. The van der Waals surface area contributed by atoms with Crippen molar-refractivity contribution in [1.82, 2.24) is 4.98 Å². The number of hydrogen-bond acceptors (Lipinski definition) is 4. The van der Waals surface area contributed by atoms with Gasteiger partial charge in [-0.25, -0.2) is 4.98 Å². The van der Waals surface area contributed by atoms with Gasteiger partial charge >= 0.3 is 0 Å². The molecule has 1 aliphatic rings. The first-order valence-electron chi connectivity index (χ1n) is 6.82. The minimum atomic E-state index is 0.319. The summed E-state index contributed by atoms with van der Waals surface area (Å²) in [4.78, 5) is 6.80. The van der Waals surface area contributed by atoms with Gasteiger partial charge in [-0.15, -0.1) is 0 Å². The summed E-state index contributed by atoms with van der Waals surface area (Å²) in [6.07, 6.45) is 4.88. The highest BCUT2D eigenvalue weighted by Crippen LogP contribution is 2.30. The second-order valence-corrected chi connectivity index (χ2v) is 5.00. The van der Waals surface area contributed by atoms with E-state index in [0.717, 1.165) is 44.0 Å². The molecule has 4 heteroatoms. The number of nitrogens with two attached hydrogens (primary N) is 1. The molecule has 0 amide bonds. The van der Waals surface area contributed by atoms with E-state index in [9.17, 15) is 0 Å². The van der Waals surface area contributed by atoms with E-state index in [0.29, 0.717) is 12.1 Å². The maximum atomic E-state index is 6.01. The van der Waals surface area contributed by atoms with Crippen molar-refractivity contribution in [1.29, 1.82) is 0 Å². The summed E-state index contributed by atoms with van der Waals surface area (Å²) in [7, 11) is 0. The van der Waals surface area contributed by atoms with Crippen LogP contribution in [0.3, 0.4) is 0 Å². The maximum absolute atomic E-state index is 6.01. The van der Waals surface area contributed by atoms with Gasteiger partial charge in [-0.05, 0) is 38.3 Å². The van der Waals surface area contributed by atoms with Crippen LogP contribution >= 0.6 is 0 Å². The van der Waals surface area contributed by atoms with E-state index < -0.39 is 0 Å². The molecule has 2 rings (SSSR count). The van der Waals surface area contributed by atoms with Crippen molar-refractivity contribution in [2.24, 2.45) is 5.73 Å². The summed E-state index contributed by atoms with van der Waals surface area (Å²) in [6.45, 7) is 6.01. The zero-order valence-electron chi connectivity index (χ0n) is 11.3. The van der Waals surface area contributed by atoms with Gasteiger partial charge in [-0.2, -0.15) is 0 Å². The van der Waals surface area contributed by atoms with E-state index in [1.807, 2.05) is 18.3 Å². The Bertz CT molecular complexity index is 383. The van der Waals surface area contributed by atoms with Gasteiger partial charge < -0.3 is 15.4 Å². The number of aromatic nitrogens is 1. The summed E-state index contributed by atoms with van der Waals surface area (Å²) in [6, 6.07) is 4.67. The predicted octanol–water partition coefficient (Wildman–Crippen LogP) is 2.19. The van der Waals surface area contributed by atoms with E-state index in [2.05, 4.69) is 23.7 Å². The molecule has 4 nitrogen and oxygen atoms in total. The topological polar surface area (TPSA) is 51.4 Å². The number of nitrogens with zero attached hydrogens (tertiary/aromatic N) is 2. The van der Waals surface area contributed by atoms with Crippen molar-refractivity contribution in [2.45, 2.75) is 45.2 Å². The highest BCUT2D eigenvalue weighted by Gasteiger charge is 2.26. The van der Waals surface area contributed by atoms with Gasteiger partial charge in [0.25, 0.3) is 0 Å². The van der Waals surface area contributed by atoms with Gasteiger partial charge in [-0.3, -0.25) is 0 Å². The summed E-state index contributed by atoms with van der Waals surface area (Å²) >= 11 is 0. The van der Waals surface area contributed by atoms with Crippen LogP contribution in [0.2, 0.25) is 0 Å². The van der Waals surface area contributed by atoms with Crippen molar-refractivity contribution in [3.05, 3.63) is 18.3 Å². The second-order valence-electron chi connectivity index (χ2n) is 5.00. The van der Waals surface area contributed by atoms with Crippen LogP contribution in [-0.4, -0.2) is 30.2 Å². The minimum Gasteiger partial charge on any atom is -0.490 e. The van der Waals surface area contributed by atoms with E-state index in [-0.39, 0.29) is 0 Å². The number of rotatable bonds is 4. The third kappa shape index (κ3) is 2.93. The fourth-order valence-corrected chi connectivity index (χ4v) is 2.45. The van der Waals surface area contributed by atoms with Crippen LogP contribution in [0.5, 0.6) is 5.75 Å². The molecule has 18 heavy (non-hydrogen) atoms. The highest BCUT2D eigenvalue weighted by atomic mass is 16.5. The Labute approximate surface area is 109 Å². The SMILES string of the molecule is CCCOc1cccnc1N1CCC(N)CC1C. The van der Waals surface area contributed by atoms with E-state index >= 15 is 0 Å². The minimum absolute atomic E-state index is 0.319. The molecule has 2 atom stereocenters. The first-order chi connectivity index (χ1) is 8.72. The molecule has 1 fully saturated rings. The van der Waals surface area contributed by atoms with Gasteiger partial charge in [0.2, 0.25) is 0 Å². The van der Waals surface area contributed by atoms with Gasteiger partial charge in [0.1, 0.15) is 0 Å². The number of piperidine rings is 1. The summed E-state index contributed by atoms with van der Waals surface area (Å²) in [5.74, 6) is 1.85. The second kappa shape index (κ2) is 6.05. The molecule has 0 aromatic carbocycles. The van der Waals surface area contributed by atoms with Crippen molar-refractivity contribution >= 4 is 5.82 Å². The van der Waals surface area contributed by atoms with E-state index in [1.54, 1.807) is 0 Å². The lowest BCUT2D eigenvalue weighted by atomic mass is 9.99. The first kappa shape index (κ1) is 13.1. The Morgan fingerprint density at radius 1 is 1.56 bits per heavy atom. The molecular formula is C14H23N3O. The molecule has 2 N–H and O–H groups in total. The van der Waals surface area contributed by atoms with E-state index in [4.69, 9.17) is 10.5 Å². The summed E-state index contributed by atoms with van der Waals surface area (Å²) in [5.41, 5.74) is 6.01. The lowest BCUT2D eigenvalue weighted by molar-refractivity contribution is 0.313. The molecule has 2 unspecified atom stereocenters. The molecule has 1 aromatic heterocycles. The average Bonchev–Trinajstić information content (AvgIpc) is 2.37. The largest absolute Gasteiger partial charge is 0.490 e. The average molecular weight is 249 g/mol. The molecule has 2 heterocycles. The molecule has 0 radical (unpaired) electrons. The lowest BCUT2D eigenvalue weighted by Crippen LogP contribution is -2.46. The van der Waals surface area contributed by atoms with Crippen molar-refractivity contribution in [2.75, 3.05) is 18.1 Å². The third-order valence-corrected chi connectivity index (χ3v) is 3.40. The van der Waals surface area contributed by atoms with Gasteiger partial charge in [0, 0.05) is 24.8 Å². The zero-order chi connectivity index (χ0) is 13.0. The summed E-state index contributed by atoms with van der Waals surface area (Å²) in [5, 5.41) is 0. The normalized spacial score (nSPS) is 24.1. The van der Waals surface area contributed by atoms with Crippen molar-refractivity contribution in [3.8, 4) is 5.75 Å². The Balaban J connectivity index is 2.16. The highest BCUT2D eigenvalue weighted by molar-refractivity contribution is 5.53. The Morgan fingerprint density at radius 3 is 3.11 bits per heavy atom. The summed E-state index contributed by atoms with van der Waals surface area (Å²) < 4.78 is 5.78. The fourth-order valence-electron chi connectivity index (χ4n) is 2.45. The Hall–Kier alpha value is -1.29. The molecule has 1 aliphatic heterocycles. The molecule has 0 spiro atoms. The van der Waals surface area contributed by atoms with Crippen LogP contribution in [-0.2, 0) is 0 Å². The number of hydrogen-bond donors (Lipinski definition) is 1. The van der Waals surface area contributed by atoms with E-state index in [1.165, 1.54) is 0 Å². The van der Waals surface area contributed by atoms with Crippen LogP contribution in [0.25, 0.3) is 0 Å². The van der Waals surface area contributed by atoms with Crippen molar-refractivity contribution < 1.29 is 4.74 Å². The lowest BCUT2D eigenvalue weighted by Gasteiger charge is -2.37. The number of anilines is 1. The monoisotopic (exact) mass is 249 g/mol. The first-order valence-corrected chi connectivity index (χ1v) is 6.82. The van der Waals surface area contributed by atoms with Crippen LogP contribution in [0.4, 0.5) is 5.82 Å². The Morgan fingerprint density at radius 2 is 2.39 bits per heavy atom. The van der Waals surface area contributed by atoms with Gasteiger partial charge in [0.15, 0.2) is 11.6 Å². The molecule has 0 bridgehead atoms. The molecule has 1 saturated heterocycles. The standard InChI is InChI=1S/C14H23N3O/c1-3-9-18-13-5-4-7-16-14(13)17-8-6-12(15)10-11(17)2/h4-5,7,11-12H,3,6,8-10,15H2,1-2H3. The Kier molecular flexibility index (Phi) is 4.42. The predicted molar refractivity (Wildman–Crippen MR) is 74.0 cm³/mol. The van der Waals surface area contributed by atoms with Crippen LogP contribution < -0.4 is 15.4 Å². The van der Waals surface area contributed by atoms with Gasteiger partial charge in [0.05, 0.1) is 6.61 Å². The van der Waals surface area contributed by atoms with Crippen LogP contribution in [0.1, 0.15) is 33.1 Å².